The zero-order chi connectivity index (χ0) is 15.2. The van der Waals surface area contributed by atoms with Gasteiger partial charge in [0.2, 0.25) is 0 Å². The SMILES string of the molecule is CCCN1CCOC(C(Cc2ccc(F)cc2Br)NC)C1. The van der Waals surface area contributed by atoms with Crippen LogP contribution in [-0.2, 0) is 11.2 Å². The summed E-state index contributed by atoms with van der Waals surface area (Å²) in [5, 5.41) is 3.36. The number of hydrogen-bond donors (Lipinski definition) is 1. The summed E-state index contributed by atoms with van der Waals surface area (Å²) in [7, 11) is 1.96. The van der Waals surface area contributed by atoms with Gasteiger partial charge in [0.15, 0.2) is 0 Å². The maximum atomic E-state index is 13.2. The minimum absolute atomic E-state index is 0.173. The number of morpholine rings is 1. The molecule has 0 aliphatic carbocycles. The Morgan fingerprint density at radius 3 is 3.00 bits per heavy atom. The van der Waals surface area contributed by atoms with Gasteiger partial charge in [0.05, 0.1) is 12.7 Å². The predicted molar refractivity (Wildman–Crippen MR) is 87.1 cm³/mol. The number of hydrogen-bond acceptors (Lipinski definition) is 3. The third-order valence-electron chi connectivity index (χ3n) is 3.99. The molecule has 0 saturated carbocycles. The van der Waals surface area contributed by atoms with Crippen molar-refractivity contribution in [3.05, 3.63) is 34.1 Å². The fourth-order valence-electron chi connectivity index (χ4n) is 2.84. The van der Waals surface area contributed by atoms with E-state index in [1.54, 1.807) is 0 Å². The smallest absolute Gasteiger partial charge is 0.124 e. The summed E-state index contributed by atoms with van der Waals surface area (Å²) < 4.78 is 20.0. The normalized spacial score (nSPS) is 21.4. The molecule has 1 aliphatic rings. The molecule has 1 N–H and O–H groups in total. The van der Waals surface area contributed by atoms with Crippen LogP contribution in [0.5, 0.6) is 0 Å². The Morgan fingerprint density at radius 2 is 2.33 bits per heavy atom. The summed E-state index contributed by atoms with van der Waals surface area (Å²) in [6.45, 7) is 6.08. The van der Waals surface area contributed by atoms with Gasteiger partial charge >= 0.3 is 0 Å². The molecule has 1 aliphatic heterocycles. The topological polar surface area (TPSA) is 24.5 Å². The molecule has 0 aromatic heterocycles. The molecular weight excluding hydrogens is 335 g/mol. The van der Waals surface area contributed by atoms with Gasteiger partial charge < -0.3 is 10.1 Å². The second-order valence-electron chi connectivity index (χ2n) is 5.54. The van der Waals surface area contributed by atoms with Crippen LogP contribution in [0.2, 0.25) is 0 Å². The number of likely N-dealkylation sites (N-methyl/N-ethyl adjacent to an activating group) is 1. The van der Waals surface area contributed by atoms with E-state index in [1.165, 1.54) is 18.6 Å². The van der Waals surface area contributed by atoms with E-state index in [4.69, 9.17) is 4.74 Å². The third-order valence-corrected chi connectivity index (χ3v) is 4.73. The zero-order valence-electron chi connectivity index (χ0n) is 12.7. The Hall–Kier alpha value is -0.490. The number of rotatable bonds is 6. The number of nitrogens with zero attached hydrogens (tertiary/aromatic N) is 1. The summed E-state index contributed by atoms with van der Waals surface area (Å²) >= 11 is 3.45. The average Bonchev–Trinajstić information content (AvgIpc) is 2.47. The highest BCUT2D eigenvalue weighted by molar-refractivity contribution is 9.10. The molecule has 3 nitrogen and oxygen atoms in total. The molecule has 1 aromatic carbocycles. The van der Waals surface area contributed by atoms with Crippen molar-refractivity contribution < 1.29 is 9.13 Å². The monoisotopic (exact) mass is 358 g/mol. The molecule has 1 heterocycles. The van der Waals surface area contributed by atoms with Crippen LogP contribution in [0.25, 0.3) is 0 Å². The van der Waals surface area contributed by atoms with Crippen LogP contribution in [0.3, 0.4) is 0 Å². The largest absolute Gasteiger partial charge is 0.374 e. The molecule has 1 aromatic rings. The van der Waals surface area contributed by atoms with Crippen molar-refractivity contribution in [3.8, 4) is 0 Å². The van der Waals surface area contributed by atoms with E-state index in [1.807, 2.05) is 13.1 Å². The van der Waals surface area contributed by atoms with Crippen molar-refractivity contribution in [1.82, 2.24) is 10.2 Å². The lowest BCUT2D eigenvalue weighted by Gasteiger charge is -2.37. The average molecular weight is 359 g/mol. The standard InChI is InChI=1S/C16H24BrFN2O/c1-3-6-20-7-8-21-16(11-20)15(19-2)9-12-4-5-13(18)10-14(12)17/h4-5,10,15-16,19H,3,6-9,11H2,1-2H3. The zero-order valence-corrected chi connectivity index (χ0v) is 14.3. The molecule has 2 atom stereocenters. The summed E-state index contributed by atoms with van der Waals surface area (Å²) in [5.74, 6) is -0.213. The second kappa shape index (κ2) is 8.22. The summed E-state index contributed by atoms with van der Waals surface area (Å²) in [5.41, 5.74) is 1.10. The second-order valence-corrected chi connectivity index (χ2v) is 6.40. The minimum atomic E-state index is -0.213. The molecular formula is C16H24BrFN2O. The number of nitrogens with one attached hydrogen (secondary N) is 1. The van der Waals surface area contributed by atoms with Crippen LogP contribution in [0, 0.1) is 5.82 Å². The lowest BCUT2D eigenvalue weighted by Crippen LogP contribution is -2.52. The first kappa shape index (κ1) is 16.9. The van der Waals surface area contributed by atoms with Crippen molar-refractivity contribution in [3.63, 3.8) is 0 Å². The van der Waals surface area contributed by atoms with Gasteiger partial charge in [-0.1, -0.05) is 28.9 Å². The van der Waals surface area contributed by atoms with Crippen LogP contribution in [0.4, 0.5) is 4.39 Å². The molecule has 2 unspecified atom stereocenters. The molecule has 1 saturated heterocycles. The summed E-state index contributed by atoms with van der Waals surface area (Å²) in [6, 6.07) is 5.10. The van der Waals surface area contributed by atoms with Gasteiger partial charge in [0, 0.05) is 23.6 Å². The number of ether oxygens (including phenoxy) is 1. The third kappa shape index (κ3) is 4.74. The molecule has 2 rings (SSSR count). The van der Waals surface area contributed by atoms with Crippen LogP contribution < -0.4 is 5.32 Å². The fourth-order valence-corrected chi connectivity index (χ4v) is 3.35. The maximum Gasteiger partial charge on any atom is 0.124 e. The fraction of sp³-hybridized carbons (Fsp3) is 0.625. The van der Waals surface area contributed by atoms with Crippen molar-refractivity contribution in [2.75, 3.05) is 33.3 Å². The van der Waals surface area contributed by atoms with Gasteiger partial charge in [-0.25, -0.2) is 4.39 Å². The number of halogens is 2. The lowest BCUT2D eigenvalue weighted by molar-refractivity contribution is -0.0450. The van der Waals surface area contributed by atoms with Crippen LogP contribution in [0.15, 0.2) is 22.7 Å². The Morgan fingerprint density at radius 1 is 1.52 bits per heavy atom. The molecule has 0 spiro atoms. The number of benzene rings is 1. The summed E-state index contributed by atoms with van der Waals surface area (Å²) in [4.78, 5) is 2.46. The highest BCUT2D eigenvalue weighted by Gasteiger charge is 2.27. The molecule has 0 bridgehead atoms. The Bertz CT molecular complexity index is 456. The lowest BCUT2D eigenvalue weighted by atomic mass is 10.00. The van der Waals surface area contributed by atoms with Crippen molar-refractivity contribution in [2.24, 2.45) is 0 Å². The highest BCUT2D eigenvalue weighted by atomic mass is 79.9. The molecule has 1 fully saturated rings. The van der Waals surface area contributed by atoms with E-state index >= 15 is 0 Å². The Labute approximate surface area is 135 Å². The van der Waals surface area contributed by atoms with Gasteiger partial charge in [-0.3, -0.25) is 4.90 Å². The van der Waals surface area contributed by atoms with Gasteiger partial charge in [0.1, 0.15) is 5.82 Å². The maximum absolute atomic E-state index is 13.2. The Kier molecular flexibility index (Phi) is 6.61. The minimum Gasteiger partial charge on any atom is -0.374 e. The van der Waals surface area contributed by atoms with Crippen molar-refractivity contribution >= 4 is 15.9 Å². The molecule has 21 heavy (non-hydrogen) atoms. The van der Waals surface area contributed by atoms with Crippen molar-refractivity contribution in [1.29, 1.82) is 0 Å². The van der Waals surface area contributed by atoms with E-state index < -0.39 is 0 Å². The van der Waals surface area contributed by atoms with Crippen LogP contribution >= 0.6 is 15.9 Å². The molecule has 5 heteroatoms. The van der Waals surface area contributed by atoms with Crippen LogP contribution in [-0.4, -0.2) is 50.3 Å². The first-order valence-electron chi connectivity index (χ1n) is 7.59. The van der Waals surface area contributed by atoms with E-state index in [0.29, 0.717) is 0 Å². The van der Waals surface area contributed by atoms with E-state index in [-0.39, 0.29) is 18.0 Å². The van der Waals surface area contributed by atoms with E-state index in [0.717, 1.165) is 42.7 Å². The predicted octanol–water partition coefficient (Wildman–Crippen LogP) is 2.83. The molecule has 118 valence electrons. The first-order chi connectivity index (χ1) is 10.1. The van der Waals surface area contributed by atoms with E-state index in [2.05, 4.69) is 33.1 Å². The van der Waals surface area contributed by atoms with Crippen LogP contribution in [0.1, 0.15) is 18.9 Å². The first-order valence-corrected chi connectivity index (χ1v) is 8.38. The molecule has 0 radical (unpaired) electrons. The van der Waals surface area contributed by atoms with E-state index in [9.17, 15) is 4.39 Å². The summed E-state index contributed by atoms with van der Waals surface area (Å²) in [6.07, 6.45) is 2.16. The Balaban J connectivity index is 2.01. The van der Waals surface area contributed by atoms with Gasteiger partial charge in [0.25, 0.3) is 0 Å². The highest BCUT2D eigenvalue weighted by Crippen LogP contribution is 2.21. The molecule has 0 amide bonds. The van der Waals surface area contributed by atoms with Gasteiger partial charge in [-0.05, 0) is 44.1 Å². The van der Waals surface area contributed by atoms with Crippen molar-refractivity contribution in [2.45, 2.75) is 31.9 Å². The quantitative estimate of drug-likeness (QED) is 0.846. The van der Waals surface area contributed by atoms with Gasteiger partial charge in [-0.2, -0.15) is 0 Å². The van der Waals surface area contributed by atoms with Gasteiger partial charge in [-0.15, -0.1) is 0 Å².